The smallest absolute Gasteiger partial charge is 0.225 e. The van der Waals surface area contributed by atoms with Crippen molar-refractivity contribution in [3.8, 4) is 0 Å². The Balaban J connectivity index is 0.00000289. The van der Waals surface area contributed by atoms with Crippen molar-refractivity contribution in [2.45, 2.75) is 48.2 Å². The van der Waals surface area contributed by atoms with Gasteiger partial charge in [-0.1, -0.05) is 31.0 Å². The van der Waals surface area contributed by atoms with Gasteiger partial charge < -0.3 is 15.5 Å². The Bertz CT molecular complexity index is 744. The number of hydrogen-bond donors (Lipinski definition) is 2. The van der Waals surface area contributed by atoms with E-state index in [-0.39, 0.29) is 24.0 Å². The predicted octanol–water partition coefficient (Wildman–Crippen LogP) is 3.43. The molecule has 6 nitrogen and oxygen atoms in total. The molecule has 1 aromatic rings. The fourth-order valence-electron chi connectivity index (χ4n) is 4.61. The molecule has 32 heavy (non-hydrogen) atoms. The van der Waals surface area contributed by atoms with E-state index in [4.69, 9.17) is 0 Å². The zero-order chi connectivity index (χ0) is 21.5. The van der Waals surface area contributed by atoms with Gasteiger partial charge in [0.15, 0.2) is 5.96 Å². The Morgan fingerprint density at radius 2 is 1.78 bits per heavy atom. The van der Waals surface area contributed by atoms with Crippen LogP contribution in [0.1, 0.15) is 38.5 Å². The third-order valence-corrected chi connectivity index (χ3v) is 8.29. The van der Waals surface area contributed by atoms with Gasteiger partial charge in [0.05, 0.1) is 0 Å². The van der Waals surface area contributed by atoms with Crippen LogP contribution in [0, 0.1) is 5.92 Å². The summed E-state index contributed by atoms with van der Waals surface area (Å²) < 4.78 is 0.307. The lowest BCUT2D eigenvalue weighted by Gasteiger charge is -2.36. The van der Waals surface area contributed by atoms with Gasteiger partial charge in [-0.15, -0.1) is 35.7 Å². The van der Waals surface area contributed by atoms with Crippen LogP contribution in [0.2, 0.25) is 0 Å². The lowest BCUT2D eigenvalue weighted by Crippen LogP contribution is -2.52. The molecule has 1 saturated heterocycles. The second kappa shape index (κ2) is 12.5. The SMILES string of the molecule is CN=C(NCCN1CCN(C(=O)C2CCCC2)CC1)NCC1(Sc2ccccc2)CC1.I. The van der Waals surface area contributed by atoms with E-state index >= 15 is 0 Å². The maximum Gasteiger partial charge on any atom is 0.225 e. The first-order valence-corrected chi connectivity index (χ1v) is 12.7. The van der Waals surface area contributed by atoms with E-state index in [1.165, 1.54) is 30.6 Å². The first kappa shape index (κ1) is 25.6. The summed E-state index contributed by atoms with van der Waals surface area (Å²) in [4.78, 5) is 22.9. The second-order valence-electron chi connectivity index (χ2n) is 9.10. The van der Waals surface area contributed by atoms with Crippen LogP contribution in [0.3, 0.4) is 0 Å². The number of guanidine groups is 1. The Morgan fingerprint density at radius 1 is 1.09 bits per heavy atom. The van der Waals surface area contributed by atoms with Gasteiger partial charge in [-0.3, -0.25) is 14.7 Å². The summed E-state index contributed by atoms with van der Waals surface area (Å²) in [5.41, 5.74) is 0. The maximum absolute atomic E-state index is 12.6. The van der Waals surface area contributed by atoms with Gasteiger partial charge in [0, 0.05) is 68.4 Å². The van der Waals surface area contributed by atoms with Gasteiger partial charge in [0.2, 0.25) is 5.91 Å². The molecule has 1 aromatic carbocycles. The van der Waals surface area contributed by atoms with E-state index in [9.17, 15) is 4.79 Å². The Morgan fingerprint density at radius 3 is 2.41 bits per heavy atom. The number of rotatable bonds is 8. The van der Waals surface area contributed by atoms with E-state index in [1.807, 2.05) is 18.8 Å². The third kappa shape index (κ3) is 7.25. The fourth-order valence-corrected chi connectivity index (χ4v) is 5.86. The molecule has 2 saturated carbocycles. The highest BCUT2D eigenvalue weighted by atomic mass is 127. The van der Waals surface area contributed by atoms with E-state index in [0.717, 1.165) is 64.6 Å². The molecule has 1 amide bonds. The molecule has 1 aliphatic heterocycles. The predicted molar refractivity (Wildman–Crippen MR) is 144 cm³/mol. The number of thioether (sulfide) groups is 1. The van der Waals surface area contributed by atoms with Gasteiger partial charge in [0.25, 0.3) is 0 Å². The molecule has 8 heteroatoms. The second-order valence-corrected chi connectivity index (χ2v) is 10.6. The highest BCUT2D eigenvalue weighted by Gasteiger charge is 2.43. The number of piperazine rings is 1. The van der Waals surface area contributed by atoms with Crippen LogP contribution >= 0.6 is 35.7 Å². The van der Waals surface area contributed by atoms with Gasteiger partial charge in [-0.2, -0.15) is 0 Å². The molecule has 2 N–H and O–H groups in total. The third-order valence-electron chi connectivity index (χ3n) is 6.80. The molecule has 0 unspecified atom stereocenters. The largest absolute Gasteiger partial charge is 0.355 e. The van der Waals surface area contributed by atoms with Crippen LogP contribution in [-0.2, 0) is 4.79 Å². The molecule has 4 rings (SSSR count). The average Bonchev–Trinajstić information content (AvgIpc) is 3.34. The van der Waals surface area contributed by atoms with Crippen molar-refractivity contribution in [2.75, 3.05) is 52.9 Å². The molecule has 0 spiro atoms. The lowest BCUT2D eigenvalue weighted by molar-refractivity contribution is -0.137. The Hall–Kier alpha value is -1.000. The summed E-state index contributed by atoms with van der Waals surface area (Å²) in [6.07, 6.45) is 7.15. The fraction of sp³-hybridized carbons (Fsp3) is 0.667. The Labute approximate surface area is 214 Å². The number of carbonyl (C=O) groups is 1. The van der Waals surface area contributed by atoms with Gasteiger partial charge >= 0.3 is 0 Å². The minimum atomic E-state index is 0. The molecule has 3 aliphatic rings. The average molecular weight is 572 g/mol. The molecular weight excluding hydrogens is 533 g/mol. The van der Waals surface area contributed by atoms with E-state index in [2.05, 4.69) is 55.8 Å². The summed E-state index contributed by atoms with van der Waals surface area (Å²) in [6, 6.07) is 10.7. The minimum Gasteiger partial charge on any atom is -0.355 e. The molecule has 2 aliphatic carbocycles. The number of benzene rings is 1. The number of hydrogen-bond acceptors (Lipinski definition) is 4. The van der Waals surface area contributed by atoms with Crippen molar-refractivity contribution in [3.63, 3.8) is 0 Å². The van der Waals surface area contributed by atoms with Crippen molar-refractivity contribution in [2.24, 2.45) is 10.9 Å². The van der Waals surface area contributed by atoms with Crippen LogP contribution < -0.4 is 10.6 Å². The number of halogens is 1. The summed E-state index contributed by atoms with van der Waals surface area (Å²) >= 11 is 1.98. The minimum absolute atomic E-state index is 0. The van der Waals surface area contributed by atoms with Crippen molar-refractivity contribution in [3.05, 3.63) is 30.3 Å². The lowest BCUT2D eigenvalue weighted by atomic mass is 10.1. The zero-order valence-electron chi connectivity index (χ0n) is 19.2. The summed E-state index contributed by atoms with van der Waals surface area (Å²) in [5, 5.41) is 7.00. The van der Waals surface area contributed by atoms with Crippen LogP contribution in [0.5, 0.6) is 0 Å². The molecule has 178 valence electrons. The maximum atomic E-state index is 12.6. The number of amides is 1. The first-order valence-electron chi connectivity index (χ1n) is 11.9. The molecular formula is C24H38IN5OS. The molecule has 0 radical (unpaired) electrons. The van der Waals surface area contributed by atoms with Gasteiger partial charge in [0.1, 0.15) is 0 Å². The molecule has 1 heterocycles. The van der Waals surface area contributed by atoms with E-state index in [0.29, 0.717) is 16.6 Å². The van der Waals surface area contributed by atoms with Crippen LogP contribution in [0.25, 0.3) is 0 Å². The Kier molecular flexibility index (Phi) is 9.98. The standard InChI is InChI=1S/C24H37N5OS.HI/c1-25-23(27-19-24(11-12-24)31-21-9-3-2-4-10-21)26-13-14-28-15-17-29(18-16-28)22(30)20-7-5-6-8-20;/h2-4,9-10,20H,5-8,11-19H2,1H3,(H2,25,26,27);1H. The molecule has 0 atom stereocenters. The van der Waals surface area contributed by atoms with Gasteiger partial charge in [-0.05, 0) is 37.8 Å². The highest BCUT2D eigenvalue weighted by molar-refractivity contribution is 14.0. The molecule has 3 fully saturated rings. The van der Waals surface area contributed by atoms with Crippen molar-refractivity contribution in [1.29, 1.82) is 0 Å². The highest BCUT2D eigenvalue weighted by Crippen LogP contribution is 2.51. The monoisotopic (exact) mass is 571 g/mol. The molecule has 0 aromatic heterocycles. The zero-order valence-corrected chi connectivity index (χ0v) is 22.4. The van der Waals surface area contributed by atoms with E-state index < -0.39 is 0 Å². The first-order chi connectivity index (χ1) is 15.2. The van der Waals surface area contributed by atoms with Crippen molar-refractivity contribution < 1.29 is 4.79 Å². The number of carbonyl (C=O) groups excluding carboxylic acids is 1. The number of nitrogens with zero attached hydrogens (tertiary/aromatic N) is 3. The van der Waals surface area contributed by atoms with Crippen LogP contribution in [-0.4, -0.2) is 79.3 Å². The summed E-state index contributed by atoms with van der Waals surface area (Å²) in [5.74, 6) is 1.59. The normalized spacial score (nSPS) is 21.2. The molecule has 0 bridgehead atoms. The summed E-state index contributed by atoms with van der Waals surface area (Å²) in [7, 11) is 1.84. The van der Waals surface area contributed by atoms with Gasteiger partial charge in [-0.25, -0.2) is 0 Å². The van der Waals surface area contributed by atoms with E-state index in [1.54, 1.807) is 0 Å². The van der Waals surface area contributed by atoms with Crippen molar-refractivity contribution >= 4 is 47.6 Å². The topological polar surface area (TPSA) is 60.0 Å². The van der Waals surface area contributed by atoms with Crippen LogP contribution in [0.15, 0.2) is 40.2 Å². The van der Waals surface area contributed by atoms with Crippen LogP contribution in [0.4, 0.5) is 0 Å². The number of nitrogens with one attached hydrogen (secondary N) is 2. The number of aliphatic imine (C=N–C) groups is 1. The quantitative estimate of drug-likeness (QED) is 0.285. The summed E-state index contributed by atoms with van der Waals surface area (Å²) in [6.45, 7) is 6.49. The van der Waals surface area contributed by atoms with Crippen molar-refractivity contribution in [1.82, 2.24) is 20.4 Å².